The quantitative estimate of drug-likeness (QED) is 0.552. The Kier molecular flexibility index (Phi) is 7.22. The number of carbonyl (C=O) groups is 2. The zero-order valence-electron chi connectivity index (χ0n) is 17.6. The number of amides is 1. The first-order chi connectivity index (χ1) is 15.5. The molecule has 32 heavy (non-hydrogen) atoms. The number of methoxy groups -OCH3 is 2. The summed E-state index contributed by atoms with van der Waals surface area (Å²) in [4.78, 5) is 34.0. The highest BCUT2D eigenvalue weighted by Crippen LogP contribution is 2.41. The number of benzene rings is 1. The molecule has 0 radical (unpaired) electrons. The van der Waals surface area contributed by atoms with Crippen LogP contribution in [-0.4, -0.2) is 47.5 Å². The summed E-state index contributed by atoms with van der Waals surface area (Å²) in [5.74, 6) is 0.0361. The minimum Gasteiger partial charge on any atom is -0.495 e. The van der Waals surface area contributed by atoms with E-state index in [1.165, 1.54) is 18.4 Å². The fraction of sp³-hybridized carbons (Fsp3) is 0.429. The molecule has 1 aliphatic carbocycles. The molecule has 2 unspecified atom stereocenters. The maximum Gasteiger partial charge on any atom is 0.306 e. The molecule has 8 nitrogen and oxygen atoms in total. The summed E-state index contributed by atoms with van der Waals surface area (Å²) in [6, 6.07) is 5.44. The van der Waals surface area contributed by atoms with Crippen LogP contribution in [0, 0.1) is 0 Å². The number of ether oxygens (including phenoxy) is 2. The summed E-state index contributed by atoms with van der Waals surface area (Å²) >= 11 is 9.35. The Morgan fingerprint density at radius 3 is 2.91 bits per heavy atom. The van der Waals surface area contributed by atoms with Crippen molar-refractivity contribution in [3.63, 3.8) is 0 Å². The van der Waals surface area contributed by atoms with Gasteiger partial charge in [0.1, 0.15) is 5.75 Å². The van der Waals surface area contributed by atoms with E-state index in [9.17, 15) is 9.59 Å². The molecule has 1 aromatic heterocycles. The second-order valence-electron chi connectivity index (χ2n) is 7.29. The highest BCUT2D eigenvalue weighted by Gasteiger charge is 2.35. The Bertz CT molecular complexity index is 1060. The molecular formula is C21H23ClN4O4S2. The molecule has 1 aliphatic heterocycles. The second kappa shape index (κ2) is 10.1. The lowest BCUT2D eigenvalue weighted by atomic mass is 10.2. The van der Waals surface area contributed by atoms with Crippen LogP contribution in [0.4, 0.5) is 10.8 Å². The molecule has 2 aliphatic rings. The number of aryl methyl sites for hydroxylation is 1. The maximum absolute atomic E-state index is 12.2. The molecule has 1 aromatic carbocycles. The van der Waals surface area contributed by atoms with Crippen molar-refractivity contribution >= 4 is 63.1 Å². The Hall–Kier alpha value is -2.30. The van der Waals surface area contributed by atoms with Gasteiger partial charge in [-0.05, 0) is 37.5 Å². The van der Waals surface area contributed by atoms with E-state index in [1.54, 1.807) is 24.9 Å². The van der Waals surface area contributed by atoms with Gasteiger partial charge in [0.05, 0.1) is 47.9 Å². The number of aromatic nitrogens is 1. The molecule has 0 fully saturated rings. The van der Waals surface area contributed by atoms with Crippen LogP contribution in [-0.2, 0) is 20.7 Å². The van der Waals surface area contributed by atoms with Crippen molar-refractivity contribution in [3.05, 3.63) is 33.8 Å². The van der Waals surface area contributed by atoms with E-state index in [1.807, 2.05) is 12.1 Å². The Balaban J connectivity index is 1.50. The van der Waals surface area contributed by atoms with Gasteiger partial charge in [-0.15, -0.1) is 11.8 Å². The fourth-order valence-corrected chi connectivity index (χ4v) is 6.21. The van der Waals surface area contributed by atoms with Gasteiger partial charge in [-0.2, -0.15) is 0 Å². The van der Waals surface area contributed by atoms with Gasteiger partial charge < -0.3 is 20.1 Å². The van der Waals surface area contributed by atoms with Crippen LogP contribution in [0.15, 0.2) is 23.2 Å². The summed E-state index contributed by atoms with van der Waals surface area (Å²) in [6.07, 6.45) is 2.96. The van der Waals surface area contributed by atoms with Crippen LogP contribution >= 0.6 is 34.7 Å². The van der Waals surface area contributed by atoms with Crippen LogP contribution in [0.5, 0.6) is 5.75 Å². The van der Waals surface area contributed by atoms with E-state index in [4.69, 9.17) is 21.3 Å². The Morgan fingerprint density at radius 2 is 2.12 bits per heavy atom. The topological polar surface area (TPSA) is 102 Å². The van der Waals surface area contributed by atoms with Crippen LogP contribution in [0.25, 0.3) is 0 Å². The zero-order chi connectivity index (χ0) is 22.7. The number of carbonyl (C=O) groups excluding carboxylic acids is 2. The fourth-order valence-electron chi connectivity index (χ4n) is 3.59. The number of halogens is 1. The number of esters is 1. The van der Waals surface area contributed by atoms with E-state index in [-0.39, 0.29) is 29.5 Å². The molecule has 0 saturated heterocycles. The predicted octanol–water partition coefficient (Wildman–Crippen LogP) is 4.33. The lowest BCUT2D eigenvalue weighted by Crippen LogP contribution is -2.14. The molecule has 11 heteroatoms. The molecule has 2 heterocycles. The summed E-state index contributed by atoms with van der Waals surface area (Å²) in [5.41, 5.74) is 2.59. The van der Waals surface area contributed by atoms with Gasteiger partial charge in [-0.1, -0.05) is 22.9 Å². The minimum atomic E-state index is -0.412. The van der Waals surface area contributed by atoms with E-state index in [0.29, 0.717) is 15.9 Å². The van der Waals surface area contributed by atoms with Gasteiger partial charge in [0.25, 0.3) is 0 Å². The van der Waals surface area contributed by atoms with Gasteiger partial charge in [-0.25, -0.2) is 4.98 Å². The third kappa shape index (κ3) is 5.19. The van der Waals surface area contributed by atoms with Gasteiger partial charge >= 0.3 is 5.97 Å². The van der Waals surface area contributed by atoms with Gasteiger partial charge in [0.2, 0.25) is 5.91 Å². The normalized spacial score (nSPS) is 19.3. The van der Waals surface area contributed by atoms with Crippen molar-refractivity contribution in [2.45, 2.75) is 42.9 Å². The first-order valence-corrected chi connectivity index (χ1v) is 12.3. The average molecular weight is 495 g/mol. The van der Waals surface area contributed by atoms with Gasteiger partial charge in [-0.3, -0.25) is 14.6 Å². The number of thiazole rings is 1. The summed E-state index contributed by atoms with van der Waals surface area (Å²) in [5, 5.41) is 7.63. The Morgan fingerprint density at radius 1 is 1.28 bits per heavy atom. The largest absolute Gasteiger partial charge is 0.495 e. The SMILES string of the molecule is COC(=O)CCC(=O)Nc1nc2c(s1)C1=NC(Nc3cc(Cl)ccc3OC)SC1CCC2. The predicted molar refractivity (Wildman–Crippen MR) is 128 cm³/mol. The summed E-state index contributed by atoms with van der Waals surface area (Å²) in [7, 11) is 2.93. The van der Waals surface area contributed by atoms with Crippen molar-refractivity contribution in [3.8, 4) is 5.75 Å². The molecule has 0 spiro atoms. The zero-order valence-corrected chi connectivity index (χ0v) is 20.0. The number of fused-ring (bicyclic) bond motifs is 3. The van der Waals surface area contributed by atoms with Crippen molar-refractivity contribution < 1.29 is 19.1 Å². The number of anilines is 2. The third-order valence-electron chi connectivity index (χ3n) is 5.14. The van der Waals surface area contributed by atoms with E-state index in [0.717, 1.165) is 41.2 Å². The second-order valence-corrected chi connectivity index (χ2v) is 10.0. The van der Waals surface area contributed by atoms with Crippen LogP contribution < -0.4 is 15.4 Å². The molecule has 0 saturated carbocycles. The maximum atomic E-state index is 12.2. The lowest BCUT2D eigenvalue weighted by molar-refractivity contribution is -0.141. The molecule has 4 rings (SSSR count). The number of thioether (sulfide) groups is 1. The number of aliphatic imine (C=N–C) groups is 1. The van der Waals surface area contributed by atoms with Crippen LogP contribution in [0.2, 0.25) is 5.02 Å². The van der Waals surface area contributed by atoms with E-state index < -0.39 is 5.97 Å². The molecule has 0 bridgehead atoms. The van der Waals surface area contributed by atoms with Crippen molar-refractivity contribution in [1.29, 1.82) is 0 Å². The molecule has 2 atom stereocenters. The summed E-state index contributed by atoms with van der Waals surface area (Å²) in [6.45, 7) is 0. The van der Waals surface area contributed by atoms with E-state index in [2.05, 4.69) is 20.4 Å². The molecule has 1 amide bonds. The minimum absolute atomic E-state index is 0.0408. The number of hydrogen-bond acceptors (Lipinski definition) is 9. The highest BCUT2D eigenvalue weighted by molar-refractivity contribution is 8.01. The van der Waals surface area contributed by atoms with Crippen molar-refractivity contribution in [1.82, 2.24) is 4.98 Å². The number of nitrogens with zero attached hydrogens (tertiary/aromatic N) is 2. The standard InChI is InChI=1S/C21H23ClN4O4S2/c1-29-14-7-6-11(22)10-13(14)24-21-26-18-15(31-21)5-3-4-12-19(18)32-20(23-12)25-16(27)8-9-17(28)30-2/h6-7,10,15,21,24H,3-5,8-9H2,1-2H3,(H,23,25,27). The van der Waals surface area contributed by atoms with Crippen LogP contribution in [0.3, 0.4) is 0 Å². The number of hydrogen-bond donors (Lipinski definition) is 2. The van der Waals surface area contributed by atoms with Crippen molar-refractivity contribution in [2.24, 2.45) is 4.99 Å². The van der Waals surface area contributed by atoms with E-state index >= 15 is 0 Å². The van der Waals surface area contributed by atoms with Crippen molar-refractivity contribution in [2.75, 3.05) is 24.9 Å². The van der Waals surface area contributed by atoms with Crippen LogP contribution in [0.1, 0.15) is 36.3 Å². The molecule has 170 valence electrons. The lowest BCUT2D eigenvalue weighted by Gasteiger charge is -2.15. The third-order valence-corrected chi connectivity index (χ3v) is 7.67. The molecular weight excluding hydrogens is 472 g/mol. The first kappa shape index (κ1) is 22.9. The smallest absolute Gasteiger partial charge is 0.306 e. The molecule has 2 N–H and O–H groups in total. The average Bonchev–Trinajstić information content (AvgIpc) is 3.32. The Labute approximate surface area is 199 Å². The molecule has 2 aromatic rings. The summed E-state index contributed by atoms with van der Waals surface area (Å²) < 4.78 is 10.0. The first-order valence-electron chi connectivity index (χ1n) is 10.2. The highest BCUT2D eigenvalue weighted by atomic mass is 35.5. The number of nitrogens with one attached hydrogen (secondary N) is 2. The monoisotopic (exact) mass is 494 g/mol. The van der Waals surface area contributed by atoms with Gasteiger partial charge in [0.15, 0.2) is 10.6 Å². The van der Waals surface area contributed by atoms with Gasteiger partial charge in [0, 0.05) is 11.4 Å². The number of rotatable bonds is 7.